The number of hydrogen-bond donors (Lipinski definition) is 1. The van der Waals surface area contributed by atoms with Gasteiger partial charge in [-0.25, -0.2) is 8.42 Å². The predicted molar refractivity (Wildman–Crippen MR) is 82.0 cm³/mol. The van der Waals surface area contributed by atoms with Gasteiger partial charge in [-0.05, 0) is 24.6 Å². The highest BCUT2D eigenvalue weighted by Gasteiger charge is 2.12. The molecule has 0 heterocycles. The van der Waals surface area contributed by atoms with Crippen LogP contribution in [-0.4, -0.2) is 33.4 Å². The van der Waals surface area contributed by atoms with Crippen LogP contribution in [0, 0.1) is 0 Å². The molecule has 0 saturated carbocycles. The Kier molecular flexibility index (Phi) is 6.49. The van der Waals surface area contributed by atoms with E-state index >= 15 is 0 Å². The maximum absolute atomic E-state index is 11.5. The first-order valence-electron chi connectivity index (χ1n) is 7.03. The third-order valence-corrected chi connectivity index (χ3v) is 4.01. The normalized spacial score (nSPS) is 13.4. The summed E-state index contributed by atoms with van der Waals surface area (Å²) in [6.07, 6.45) is 3.21. The zero-order valence-electron chi connectivity index (χ0n) is 12.7. The molecule has 20 heavy (non-hydrogen) atoms. The van der Waals surface area contributed by atoms with Gasteiger partial charge in [0.2, 0.25) is 0 Å². The van der Waals surface area contributed by atoms with Crippen molar-refractivity contribution < 1.29 is 13.2 Å². The van der Waals surface area contributed by atoms with Crippen molar-refractivity contribution in [3.8, 4) is 5.75 Å². The Balaban J connectivity index is 2.77. The van der Waals surface area contributed by atoms with Gasteiger partial charge in [-0.1, -0.05) is 33.3 Å². The van der Waals surface area contributed by atoms with Crippen molar-refractivity contribution in [2.75, 3.05) is 12.8 Å². The second kappa shape index (κ2) is 7.64. The minimum absolute atomic E-state index is 0.0530. The van der Waals surface area contributed by atoms with Gasteiger partial charge < -0.3 is 10.1 Å². The van der Waals surface area contributed by atoms with Crippen LogP contribution < -0.4 is 10.1 Å². The first kappa shape index (κ1) is 17.0. The van der Waals surface area contributed by atoms with Gasteiger partial charge in [0.05, 0.1) is 4.90 Å². The summed E-state index contributed by atoms with van der Waals surface area (Å²) in [5.74, 6) is 0.608. The minimum Gasteiger partial charge on any atom is -0.489 e. The first-order valence-corrected chi connectivity index (χ1v) is 8.92. The van der Waals surface area contributed by atoms with Crippen molar-refractivity contribution in [3.05, 3.63) is 24.3 Å². The molecule has 1 aromatic rings. The molecule has 0 bridgehead atoms. The van der Waals surface area contributed by atoms with Gasteiger partial charge in [0.15, 0.2) is 9.84 Å². The second-order valence-corrected chi connectivity index (χ2v) is 7.35. The molecular weight excluding hydrogens is 274 g/mol. The SMILES string of the molecule is CCCC(CNC(C)C)Oc1cccc(S(C)(=O)=O)c1. The molecule has 0 aliphatic carbocycles. The molecule has 0 aliphatic rings. The molecule has 0 radical (unpaired) electrons. The molecule has 0 saturated heterocycles. The lowest BCUT2D eigenvalue weighted by molar-refractivity contribution is 0.183. The first-order chi connectivity index (χ1) is 9.32. The van der Waals surface area contributed by atoms with Crippen LogP contribution in [0.2, 0.25) is 0 Å². The van der Waals surface area contributed by atoms with Gasteiger partial charge in [-0.3, -0.25) is 0 Å². The van der Waals surface area contributed by atoms with E-state index in [-0.39, 0.29) is 6.10 Å². The molecule has 5 heteroatoms. The molecular formula is C15H25NO3S. The summed E-state index contributed by atoms with van der Waals surface area (Å²) >= 11 is 0. The third-order valence-electron chi connectivity index (χ3n) is 2.90. The van der Waals surface area contributed by atoms with E-state index in [1.165, 1.54) is 6.26 Å². The van der Waals surface area contributed by atoms with Crippen molar-refractivity contribution in [1.82, 2.24) is 5.32 Å². The van der Waals surface area contributed by atoms with Crippen LogP contribution in [-0.2, 0) is 9.84 Å². The molecule has 1 rings (SSSR count). The number of ether oxygens (including phenoxy) is 1. The summed E-state index contributed by atoms with van der Waals surface area (Å²) < 4.78 is 29.0. The summed E-state index contributed by atoms with van der Waals surface area (Å²) in [5, 5.41) is 3.35. The number of nitrogens with one attached hydrogen (secondary N) is 1. The third kappa shape index (κ3) is 5.92. The van der Waals surface area contributed by atoms with Crippen LogP contribution in [0.25, 0.3) is 0 Å². The fraction of sp³-hybridized carbons (Fsp3) is 0.600. The van der Waals surface area contributed by atoms with Crippen LogP contribution in [0.3, 0.4) is 0 Å². The van der Waals surface area contributed by atoms with Crippen LogP contribution in [0.5, 0.6) is 5.75 Å². The highest BCUT2D eigenvalue weighted by atomic mass is 32.2. The fourth-order valence-electron chi connectivity index (χ4n) is 1.86. The smallest absolute Gasteiger partial charge is 0.175 e. The quantitative estimate of drug-likeness (QED) is 0.802. The maximum Gasteiger partial charge on any atom is 0.175 e. The van der Waals surface area contributed by atoms with Gasteiger partial charge in [0, 0.05) is 18.8 Å². The summed E-state index contributed by atoms with van der Waals surface area (Å²) in [7, 11) is -3.19. The standard InChI is InChI=1S/C15H25NO3S/c1-5-7-14(11-16-12(2)3)19-13-8-6-9-15(10-13)20(4,17)18/h6,8-10,12,14,16H,5,7,11H2,1-4H3. The number of hydrogen-bond acceptors (Lipinski definition) is 4. The Morgan fingerprint density at radius 2 is 2.00 bits per heavy atom. The van der Waals surface area contributed by atoms with E-state index in [0.717, 1.165) is 19.4 Å². The summed E-state index contributed by atoms with van der Waals surface area (Å²) in [6.45, 7) is 7.05. The largest absolute Gasteiger partial charge is 0.489 e. The summed E-state index contributed by atoms with van der Waals surface area (Å²) in [4.78, 5) is 0.294. The van der Waals surface area contributed by atoms with Gasteiger partial charge in [0.1, 0.15) is 11.9 Å². The Morgan fingerprint density at radius 1 is 1.30 bits per heavy atom. The maximum atomic E-state index is 11.5. The Labute approximate surface area is 122 Å². The predicted octanol–water partition coefficient (Wildman–Crippen LogP) is 2.64. The molecule has 4 nitrogen and oxygen atoms in total. The lowest BCUT2D eigenvalue weighted by atomic mass is 10.2. The van der Waals surface area contributed by atoms with Gasteiger partial charge in [-0.15, -0.1) is 0 Å². The van der Waals surface area contributed by atoms with Crippen molar-refractivity contribution in [3.63, 3.8) is 0 Å². The molecule has 1 atom stereocenters. The second-order valence-electron chi connectivity index (χ2n) is 5.34. The number of rotatable bonds is 8. The molecule has 1 unspecified atom stereocenters. The Hall–Kier alpha value is -1.07. The Morgan fingerprint density at radius 3 is 2.55 bits per heavy atom. The number of benzene rings is 1. The average molecular weight is 299 g/mol. The highest BCUT2D eigenvalue weighted by molar-refractivity contribution is 7.90. The topological polar surface area (TPSA) is 55.4 Å². The molecule has 0 aliphatic heterocycles. The monoisotopic (exact) mass is 299 g/mol. The summed E-state index contributed by atoms with van der Waals surface area (Å²) in [6, 6.07) is 7.09. The van der Waals surface area contributed by atoms with Crippen molar-refractivity contribution >= 4 is 9.84 Å². The molecule has 1 aromatic carbocycles. The van der Waals surface area contributed by atoms with Gasteiger partial charge in [-0.2, -0.15) is 0 Å². The van der Waals surface area contributed by atoms with Crippen molar-refractivity contribution in [2.45, 2.75) is 50.7 Å². The van der Waals surface area contributed by atoms with E-state index in [2.05, 4.69) is 26.1 Å². The van der Waals surface area contributed by atoms with Crippen LogP contribution in [0.4, 0.5) is 0 Å². The Bertz CT molecular complexity index is 512. The molecule has 0 aromatic heterocycles. The van der Waals surface area contributed by atoms with Crippen LogP contribution in [0.15, 0.2) is 29.2 Å². The van der Waals surface area contributed by atoms with Gasteiger partial charge >= 0.3 is 0 Å². The molecule has 0 amide bonds. The molecule has 0 spiro atoms. The minimum atomic E-state index is -3.19. The van der Waals surface area contributed by atoms with Crippen LogP contribution in [0.1, 0.15) is 33.6 Å². The van der Waals surface area contributed by atoms with Crippen LogP contribution >= 0.6 is 0 Å². The van der Waals surface area contributed by atoms with Gasteiger partial charge in [0.25, 0.3) is 0 Å². The van der Waals surface area contributed by atoms with E-state index in [0.29, 0.717) is 16.7 Å². The lowest BCUT2D eigenvalue weighted by Gasteiger charge is -2.21. The average Bonchev–Trinajstić information content (AvgIpc) is 2.35. The molecule has 0 fully saturated rings. The van der Waals surface area contributed by atoms with E-state index in [9.17, 15) is 8.42 Å². The lowest BCUT2D eigenvalue weighted by Crippen LogP contribution is -2.35. The highest BCUT2D eigenvalue weighted by Crippen LogP contribution is 2.19. The van der Waals surface area contributed by atoms with Crippen molar-refractivity contribution in [2.24, 2.45) is 0 Å². The van der Waals surface area contributed by atoms with E-state index in [4.69, 9.17) is 4.74 Å². The fourth-order valence-corrected chi connectivity index (χ4v) is 2.52. The van der Waals surface area contributed by atoms with E-state index in [1.54, 1.807) is 24.3 Å². The zero-order valence-corrected chi connectivity index (χ0v) is 13.5. The number of sulfone groups is 1. The summed E-state index contributed by atoms with van der Waals surface area (Å²) in [5.41, 5.74) is 0. The van der Waals surface area contributed by atoms with Crippen molar-refractivity contribution in [1.29, 1.82) is 0 Å². The molecule has 114 valence electrons. The van der Waals surface area contributed by atoms with E-state index in [1.807, 2.05) is 0 Å². The van der Waals surface area contributed by atoms with E-state index < -0.39 is 9.84 Å². The zero-order chi connectivity index (χ0) is 15.2. The molecule has 1 N–H and O–H groups in total.